The molecule has 5 heteroatoms. The van der Waals surface area contributed by atoms with Gasteiger partial charge in [0.25, 0.3) is 5.91 Å². The maximum Gasteiger partial charge on any atom is 0.268 e. The minimum atomic E-state index is -0.929. The average molecular weight is 267 g/mol. The quantitative estimate of drug-likeness (QED) is 0.773. The Balaban J connectivity index is 2.57. The van der Waals surface area contributed by atoms with Gasteiger partial charge in [0.05, 0.1) is 5.60 Å². The minimum Gasteiger partial charge on any atom is -0.387 e. The van der Waals surface area contributed by atoms with Crippen molar-refractivity contribution in [3.63, 3.8) is 0 Å². The van der Waals surface area contributed by atoms with E-state index in [4.69, 9.17) is 0 Å². The molecule has 1 heterocycles. The number of nitrogens with one attached hydrogen (secondary N) is 1. The van der Waals surface area contributed by atoms with Crippen molar-refractivity contribution in [1.29, 1.82) is 0 Å². The summed E-state index contributed by atoms with van der Waals surface area (Å²) in [5, 5.41) is 12.9. The van der Waals surface area contributed by atoms with E-state index in [1.807, 2.05) is 35.8 Å². The molecule has 5 nitrogen and oxygen atoms in total. The lowest BCUT2D eigenvalue weighted by Gasteiger charge is -2.27. The van der Waals surface area contributed by atoms with Crippen LogP contribution in [0.2, 0.25) is 0 Å². The van der Waals surface area contributed by atoms with Crippen LogP contribution in [0.4, 0.5) is 0 Å². The number of hydrogen-bond acceptors (Lipinski definition) is 3. The molecule has 1 aromatic rings. The molecule has 2 N–H and O–H groups in total. The third-order valence-corrected chi connectivity index (χ3v) is 2.81. The number of aliphatic hydroxyl groups is 1. The van der Waals surface area contributed by atoms with Crippen LogP contribution in [0, 0.1) is 0 Å². The second-order valence-electron chi connectivity index (χ2n) is 5.50. The van der Waals surface area contributed by atoms with Gasteiger partial charge in [-0.15, -0.1) is 0 Å². The molecule has 0 aliphatic carbocycles. The zero-order chi connectivity index (χ0) is 14.5. The maximum absolute atomic E-state index is 12.1. The van der Waals surface area contributed by atoms with E-state index in [0.29, 0.717) is 12.2 Å². The van der Waals surface area contributed by atoms with Gasteiger partial charge in [-0.2, -0.15) is 0 Å². The number of rotatable bonds is 7. The third-order valence-electron chi connectivity index (χ3n) is 2.81. The fourth-order valence-corrected chi connectivity index (χ4v) is 2.15. The van der Waals surface area contributed by atoms with Crippen molar-refractivity contribution in [1.82, 2.24) is 14.8 Å². The molecule has 0 aromatic carbocycles. The number of aryl methyl sites for hydroxylation is 1. The van der Waals surface area contributed by atoms with E-state index in [1.54, 1.807) is 13.0 Å². The minimum absolute atomic E-state index is 0.141. The fourth-order valence-electron chi connectivity index (χ4n) is 2.15. The van der Waals surface area contributed by atoms with E-state index in [9.17, 15) is 9.90 Å². The van der Waals surface area contributed by atoms with Gasteiger partial charge in [-0.3, -0.25) is 4.79 Å². The first kappa shape index (κ1) is 15.7. The van der Waals surface area contributed by atoms with Gasteiger partial charge < -0.3 is 19.9 Å². The van der Waals surface area contributed by atoms with Crippen LogP contribution >= 0.6 is 0 Å². The predicted molar refractivity (Wildman–Crippen MR) is 76.2 cm³/mol. The molecule has 1 atom stereocenters. The Hall–Kier alpha value is -1.33. The first-order valence-corrected chi connectivity index (χ1v) is 6.66. The van der Waals surface area contributed by atoms with Gasteiger partial charge in [0.2, 0.25) is 0 Å². The number of hydrogen-bond donors (Lipinski definition) is 2. The standard InChI is InChI=1S/C14H25N3O2/c1-5-8-17-9-6-7-12(17)13(18)15-10-14(2,19)11-16(3)4/h6-7,9,19H,5,8,10-11H2,1-4H3,(H,15,18). The highest BCUT2D eigenvalue weighted by atomic mass is 16.3. The van der Waals surface area contributed by atoms with Gasteiger partial charge >= 0.3 is 0 Å². The van der Waals surface area contributed by atoms with Crippen LogP contribution in [0.5, 0.6) is 0 Å². The largest absolute Gasteiger partial charge is 0.387 e. The molecule has 0 fully saturated rings. The Morgan fingerprint density at radius 1 is 1.53 bits per heavy atom. The third kappa shape index (κ3) is 5.04. The van der Waals surface area contributed by atoms with Crippen LogP contribution in [0.3, 0.4) is 0 Å². The van der Waals surface area contributed by atoms with Crippen molar-refractivity contribution in [2.75, 3.05) is 27.2 Å². The Kier molecular flexibility index (Phi) is 5.57. The summed E-state index contributed by atoms with van der Waals surface area (Å²) >= 11 is 0. The molecule has 1 aromatic heterocycles. The fraction of sp³-hybridized carbons (Fsp3) is 0.643. The van der Waals surface area contributed by atoms with Crippen LogP contribution < -0.4 is 5.32 Å². The number of aromatic nitrogens is 1. The number of nitrogens with zero attached hydrogens (tertiary/aromatic N) is 2. The van der Waals surface area contributed by atoms with Gasteiger partial charge in [0.15, 0.2) is 0 Å². The number of amides is 1. The summed E-state index contributed by atoms with van der Waals surface area (Å²) in [6, 6.07) is 3.66. The highest BCUT2D eigenvalue weighted by Gasteiger charge is 2.22. The molecule has 0 bridgehead atoms. The van der Waals surface area contributed by atoms with Crippen LogP contribution in [-0.4, -0.2) is 53.3 Å². The predicted octanol–water partition coefficient (Wildman–Crippen LogP) is 0.940. The van der Waals surface area contributed by atoms with E-state index in [0.717, 1.165) is 13.0 Å². The molecule has 0 aliphatic rings. The SMILES string of the molecule is CCCn1cccc1C(=O)NCC(C)(O)CN(C)C. The second-order valence-corrected chi connectivity index (χ2v) is 5.50. The van der Waals surface area contributed by atoms with Gasteiger partial charge in [-0.25, -0.2) is 0 Å². The van der Waals surface area contributed by atoms with Crippen molar-refractivity contribution >= 4 is 5.91 Å². The van der Waals surface area contributed by atoms with E-state index in [2.05, 4.69) is 12.2 Å². The number of likely N-dealkylation sites (N-methyl/N-ethyl adjacent to an activating group) is 1. The summed E-state index contributed by atoms with van der Waals surface area (Å²) in [4.78, 5) is 14.0. The number of carbonyl (C=O) groups excluding carboxylic acids is 1. The zero-order valence-corrected chi connectivity index (χ0v) is 12.3. The molecule has 19 heavy (non-hydrogen) atoms. The number of carbonyl (C=O) groups is 1. The van der Waals surface area contributed by atoms with Crippen molar-refractivity contribution < 1.29 is 9.90 Å². The van der Waals surface area contributed by atoms with Crippen LogP contribution in [-0.2, 0) is 6.54 Å². The molecule has 0 aliphatic heterocycles. The van der Waals surface area contributed by atoms with Gasteiger partial charge in [-0.05, 0) is 39.6 Å². The highest BCUT2D eigenvalue weighted by Crippen LogP contribution is 2.06. The zero-order valence-electron chi connectivity index (χ0n) is 12.3. The van der Waals surface area contributed by atoms with Crippen molar-refractivity contribution in [2.24, 2.45) is 0 Å². The van der Waals surface area contributed by atoms with Gasteiger partial charge in [0, 0.05) is 25.8 Å². The summed E-state index contributed by atoms with van der Waals surface area (Å²) in [5.74, 6) is -0.141. The van der Waals surface area contributed by atoms with E-state index < -0.39 is 5.60 Å². The molecule has 0 saturated heterocycles. The van der Waals surface area contributed by atoms with Crippen molar-refractivity contribution in [3.8, 4) is 0 Å². The summed E-state index contributed by atoms with van der Waals surface area (Å²) < 4.78 is 1.93. The van der Waals surface area contributed by atoms with Crippen LogP contribution in [0.25, 0.3) is 0 Å². The van der Waals surface area contributed by atoms with E-state index in [-0.39, 0.29) is 12.5 Å². The normalized spacial score (nSPS) is 14.4. The first-order chi connectivity index (χ1) is 8.85. The average Bonchev–Trinajstić information content (AvgIpc) is 2.73. The summed E-state index contributed by atoms with van der Waals surface area (Å²) in [5.41, 5.74) is -0.288. The molecule has 1 amide bonds. The smallest absolute Gasteiger partial charge is 0.268 e. The van der Waals surface area contributed by atoms with Crippen molar-refractivity contribution in [3.05, 3.63) is 24.0 Å². The summed E-state index contributed by atoms with van der Waals surface area (Å²) in [7, 11) is 3.78. The molecular weight excluding hydrogens is 242 g/mol. The first-order valence-electron chi connectivity index (χ1n) is 6.66. The lowest BCUT2D eigenvalue weighted by Crippen LogP contribution is -2.47. The molecular formula is C14H25N3O2. The lowest BCUT2D eigenvalue weighted by atomic mass is 10.1. The lowest BCUT2D eigenvalue weighted by molar-refractivity contribution is 0.0324. The topological polar surface area (TPSA) is 57.5 Å². The summed E-state index contributed by atoms with van der Waals surface area (Å²) in [6.45, 7) is 5.36. The second kappa shape index (κ2) is 6.73. The molecule has 1 unspecified atom stereocenters. The Bertz CT molecular complexity index is 411. The van der Waals surface area contributed by atoms with E-state index >= 15 is 0 Å². The monoisotopic (exact) mass is 267 g/mol. The van der Waals surface area contributed by atoms with Crippen molar-refractivity contribution in [2.45, 2.75) is 32.4 Å². The Labute approximate surface area is 115 Å². The van der Waals surface area contributed by atoms with Gasteiger partial charge in [0.1, 0.15) is 5.69 Å². The molecule has 0 radical (unpaired) electrons. The van der Waals surface area contributed by atoms with Crippen LogP contribution in [0.1, 0.15) is 30.8 Å². The Morgan fingerprint density at radius 3 is 2.79 bits per heavy atom. The van der Waals surface area contributed by atoms with Crippen LogP contribution in [0.15, 0.2) is 18.3 Å². The highest BCUT2D eigenvalue weighted by molar-refractivity contribution is 5.92. The Morgan fingerprint density at radius 2 is 2.21 bits per heavy atom. The molecule has 0 saturated carbocycles. The van der Waals surface area contributed by atoms with E-state index in [1.165, 1.54) is 0 Å². The summed E-state index contributed by atoms with van der Waals surface area (Å²) in [6.07, 6.45) is 2.88. The maximum atomic E-state index is 12.1. The molecule has 1 rings (SSSR count). The molecule has 0 spiro atoms. The van der Waals surface area contributed by atoms with Gasteiger partial charge in [-0.1, -0.05) is 6.92 Å². The molecule has 108 valence electrons.